The molecule has 30 heavy (non-hydrogen) atoms. The summed E-state index contributed by atoms with van der Waals surface area (Å²) in [5.41, 5.74) is 5.21. The summed E-state index contributed by atoms with van der Waals surface area (Å²) in [6, 6.07) is 0. The molecular formula is C24H46N4O2. The number of carbonyl (C=O) groups is 2. The number of nitrogens with zero attached hydrogens (tertiary/aromatic N) is 2. The van der Waals surface area contributed by atoms with Crippen LogP contribution >= 0.6 is 0 Å². The molecule has 0 rings (SSSR count). The lowest BCUT2D eigenvalue weighted by molar-refractivity contribution is -0.122. The van der Waals surface area contributed by atoms with Gasteiger partial charge in [-0.3, -0.25) is 9.59 Å². The van der Waals surface area contributed by atoms with Gasteiger partial charge in [0.1, 0.15) is 0 Å². The maximum Gasteiger partial charge on any atom is 0.240 e. The first-order valence-corrected chi connectivity index (χ1v) is 12.3. The van der Waals surface area contributed by atoms with Crippen LogP contribution in [-0.2, 0) is 9.59 Å². The first-order valence-electron chi connectivity index (χ1n) is 12.3. The average molecular weight is 423 g/mol. The van der Waals surface area contributed by atoms with Crippen LogP contribution in [0.25, 0.3) is 0 Å². The molecular weight excluding hydrogens is 376 g/mol. The highest BCUT2D eigenvalue weighted by Gasteiger charge is 2.01. The molecule has 2 N–H and O–H groups in total. The highest BCUT2D eigenvalue weighted by Crippen LogP contribution is 2.08. The number of carbonyl (C=O) groups excluding carboxylic acids is 2. The second-order valence-corrected chi connectivity index (χ2v) is 8.01. The molecule has 0 radical (unpaired) electrons. The van der Waals surface area contributed by atoms with Crippen molar-refractivity contribution in [1.29, 1.82) is 0 Å². The molecule has 0 bridgehead atoms. The van der Waals surface area contributed by atoms with Crippen LogP contribution in [0.15, 0.2) is 10.2 Å². The Morgan fingerprint density at radius 1 is 0.567 bits per heavy atom. The molecule has 0 aromatic heterocycles. The summed E-state index contributed by atoms with van der Waals surface area (Å²) in [5.74, 6) is 0.00444. The molecule has 0 aromatic rings. The average Bonchev–Trinajstić information content (AvgIpc) is 2.74. The van der Waals surface area contributed by atoms with E-state index in [9.17, 15) is 9.59 Å². The van der Waals surface area contributed by atoms with Crippen LogP contribution in [0.1, 0.15) is 129 Å². The quantitative estimate of drug-likeness (QED) is 0.130. The van der Waals surface area contributed by atoms with Gasteiger partial charge in [-0.25, -0.2) is 10.9 Å². The van der Waals surface area contributed by atoms with Crippen LogP contribution in [0.4, 0.5) is 0 Å². The van der Waals surface area contributed by atoms with E-state index < -0.39 is 0 Å². The maximum absolute atomic E-state index is 11.7. The highest BCUT2D eigenvalue weighted by molar-refractivity contribution is 5.77. The first kappa shape index (κ1) is 28.3. The zero-order chi connectivity index (χ0) is 22.1. The number of rotatable bonds is 21. The maximum atomic E-state index is 11.7. The highest BCUT2D eigenvalue weighted by atomic mass is 16.2. The summed E-state index contributed by atoms with van der Waals surface area (Å²) >= 11 is 0. The summed E-state index contributed by atoms with van der Waals surface area (Å²) in [4.78, 5) is 23.4. The third kappa shape index (κ3) is 22.6. The number of nitrogens with one attached hydrogen (secondary N) is 2. The summed E-state index contributed by atoms with van der Waals surface area (Å²) in [6.07, 6.45) is 22.4. The summed E-state index contributed by atoms with van der Waals surface area (Å²) < 4.78 is 0. The Morgan fingerprint density at radius 2 is 0.933 bits per heavy atom. The number of hydrazone groups is 2. The largest absolute Gasteiger partial charge is 0.273 e. The van der Waals surface area contributed by atoms with Gasteiger partial charge >= 0.3 is 0 Å². The Hall–Kier alpha value is -1.72. The Labute approximate surface area is 184 Å². The van der Waals surface area contributed by atoms with Crippen molar-refractivity contribution in [2.24, 2.45) is 10.2 Å². The minimum Gasteiger partial charge on any atom is -0.273 e. The van der Waals surface area contributed by atoms with E-state index in [0.717, 1.165) is 64.2 Å². The van der Waals surface area contributed by atoms with Gasteiger partial charge in [0.05, 0.1) is 0 Å². The zero-order valence-electron chi connectivity index (χ0n) is 19.6. The molecule has 0 aliphatic rings. The van der Waals surface area contributed by atoms with Gasteiger partial charge in [-0.2, -0.15) is 10.2 Å². The summed E-state index contributed by atoms with van der Waals surface area (Å²) in [6.45, 7) is 4.39. The van der Waals surface area contributed by atoms with Crippen LogP contribution < -0.4 is 10.9 Å². The second kappa shape index (κ2) is 23.6. The van der Waals surface area contributed by atoms with Crippen LogP contribution in [0.5, 0.6) is 0 Å². The fourth-order valence-corrected chi connectivity index (χ4v) is 3.08. The van der Waals surface area contributed by atoms with E-state index in [0.29, 0.717) is 12.8 Å². The van der Waals surface area contributed by atoms with E-state index in [2.05, 4.69) is 34.9 Å². The van der Waals surface area contributed by atoms with E-state index in [1.807, 2.05) is 12.4 Å². The SMILES string of the molecule is CCCCCCC=NNC(=O)CCCCCCCCC(=O)NN=CCCCCCC. The van der Waals surface area contributed by atoms with Crippen molar-refractivity contribution in [3.63, 3.8) is 0 Å². The Bertz CT molecular complexity index is 422. The molecule has 0 unspecified atom stereocenters. The van der Waals surface area contributed by atoms with Gasteiger partial charge in [-0.05, 0) is 38.5 Å². The minimum atomic E-state index is 0.00222. The predicted octanol–water partition coefficient (Wildman–Crippen LogP) is 6.25. The van der Waals surface area contributed by atoms with E-state index >= 15 is 0 Å². The van der Waals surface area contributed by atoms with Crippen molar-refractivity contribution in [2.45, 2.75) is 129 Å². The molecule has 0 saturated heterocycles. The Kier molecular flexibility index (Phi) is 22.2. The number of amides is 2. The molecule has 0 atom stereocenters. The third-order valence-electron chi connectivity index (χ3n) is 4.99. The molecule has 6 heteroatoms. The molecule has 0 fully saturated rings. The monoisotopic (exact) mass is 422 g/mol. The molecule has 2 amide bonds. The normalized spacial score (nSPS) is 11.4. The topological polar surface area (TPSA) is 82.9 Å². The molecule has 0 heterocycles. The van der Waals surface area contributed by atoms with Crippen molar-refractivity contribution in [2.75, 3.05) is 0 Å². The standard InChI is InChI=1S/C24H46N4O2/c1-3-5-7-13-17-21-25-27-23(29)19-15-11-9-10-12-16-20-24(30)28-26-22-18-14-8-6-4-2/h21-22H,3-20H2,1-2H3,(H,27,29)(H,28,30). The van der Waals surface area contributed by atoms with Crippen LogP contribution in [-0.4, -0.2) is 24.2 Å². The molecule has 0 aliphatic heterocycles. The molecule has 6 nitrogen and oxygen atoms in total. The van der Waals surface area contributed by atoms with E-state index in [1.54, 1.807) is 0 Å². The molecule has 0 aromatic carbocycles. The predicted molar refractivity (Wildman–Crippen MR) is 128 cm³/mol. The van der Waals surface area contributed by atoms with Gasteiger partial charge in [0.15, 0.2) is 0 Å². The zero-order valence-corrected chi connectivity index (χ0v) is 19.6. The molecule has 0 aliphatic carbocycles. The van der Waals surface area contributed by atoms with Gasteiger partial charge in [-0.15, -0.1) is 0 Å². The first-order chi connectivity index (χ1) is 14.7. The van der Waals surface area contributed by atoms with Gasteiger partial charge in [-0.1, -0.05) is 78.1 Å². The fourth-order valence-electron chi connectivity index (χ4n) is 3.08. The lowest BCUT2D eigenvalue weighted by atomic mass is 10.1. The number of hydrogen-bond acceptors (Lipinski definition) is 4. The van der Waals surface area contributed by atoms with Gasteiger partial charge in [0.25, 0.3) is 0 Å². The van der Waals surface area contributed by atoms with Gasteiger partial charge in [0, 0.05) is 25.3 Å². The van der Waals surface area contributed by atoms with Crippen molar-refractivity contribution in [3.8, 4) is 0 Å². The van der Waals surface area contributed by atoms with Crippen molar-refractivity contribution in [3.05, 3.63) is 0 Å². The minimum absolute atomic E-state index is 0.00222. The van der Waals surface area contributed by atoms with Gasteiger partial charge in [0.2, 0.25) is 11.8 Å². The van der Waals surface area contributed by atoms with Crippen LogP contribution in [0, 0.1) is 0 Å². The van der Waals surface area contributed by atoms with E-state index in [4.69, 9.17) is 0 Å². The summed E-state index contributed by atoms with van der Waals surface area (Å²) in [7, 11) is 0. The van der Waals surface area contributed by atoms with Crippen molar-refractivity contribution < 1.29 is 9.59 Å². The van der Waals surface area contributed by atoms with E-state index in [1.165, 1.54) is 38.5 Å². The molecule has 174 valence electrons. The van der Waals surface area contributed by atoms with Crippen molar-refractivity contribution >= 4 is 24.2 Å². The number of unbranched alkanes of at least 4 members (excludes halogenated alkanes) is 13. The second-order valence-electron chi connectivity index (χ2n) is 8.01. The van der Waals surface area contributed by atoms with Crippen molar-refractivity contribution in [1.82, 2.24) is 10.9 Å². The van der Waals surface area contributed by atoms with Gasteiger partial charge < -0.3 is 0 Å². The van der Waals surface area contributed by atoms with Crippen LogP contribution in [0.3, 0.4) is 0 Å². The fraction of sp³-hybridized carbons (Fsp3) is 0.833. The molecule has 0 spiro atoms. The third-order valence-corrected chi connectivity index (χ3v) is 4.99. The Morgan fingerprint density at radius 3 is 1.33 bits per heavy atom. The lowest BCUT2D eigenvalue weighted by Crippen LogP contribution is -2.17. The molecule has 0 saturated carbocycles. The smallest absolute Gasteiger partial charge is 0.240 e. The Balaban J connectivity index is 3.38. The lowest BCUT2D eigenvalue weighted by Gasteiger charge is -2.02. The van der Waals surface area contributed by atoms with E-state index in [-0.39, 0.29) is 11.8 Å². The summed E-state index contributed by atoms with van der Waals surface area (Å²) in [5, 5.41) is 7.99. The number of hydrogen-bond donors (Lipinski definition) is 2. The van der Waals surface area contributed by atoms with Crippen LogP contribution in [0.2, 0.25) is 0 Å².